The Kier molecular flexibility index (Phi) is 6.49. The molecule has 0 spiro atoms. The van der Waals surface area contributed by atoms with E-state index in [1.807, 2.05) is 0 Å². The SMILES string of the molecule is O=[N+]([O-])c1ccc(Nc2cccc(C(F)(F)F)c2)nc1NCCN1CCOCC1. The average molecular weight is 411 g/mol. The van der Waals surface area contributed by atoms with Gasteiger partial charge in [0.25, 0.3) is 0 Å². The summed E-state index contributed by atoms with van der Waals surface area (Å²) in [5.74, 6) is 0.254. The van der Waals surface area contributed by atoms with Gasteiger partial charge in [0.15, 0.2) is 0 Å². The Hall–Kier alpha value is -2.92. The van der Waals surface area contributed by atoms with Gasteiger partial charge in [-0.1, -0.05) is 6.07 Å². The highest BCUT2D eigenvalue weighted by molar-refractivity contribution is 5.64. The van der Waals surface area contributed by atoms with Gasteiger partial charge in [-0.3, -0.25) is 15.0 Å². The molecule has 0 amide bonds. The van der Waals surface area contributed by atoms with Gasteiger partial charge in [-0.05, 0) is 24.3 Å². The van der Waals surface area contributed by atoms with E-state index in [4.69, 9.17) is 4.74 Å². The van der Waals surface area contributed by atoms with E-state index in [0.717, 1.165) is 25.2 Å². The molecule has 0 unspecified atom stereocenters. The zero-order valence-electron chi connectivity index (χ0n) is 15.4. The zero-order chi connectivity index (χ0) is 20.9. The minimum Gasteiger partial charge on any atom is -0.379 e. The van der Waals surface area contributed by atoms with Crippen LogP contribution < -0.4 is 10.6 Å². The number of nitrogens with zero attached hydrogens (tertiary/aromatic N) is 3. The summed E-state index contributed by atoms with van der Waals surface area (Å²) in [5.41, 5.74) is -0.824. The summed E-state index contributed by atoms with van der Waals surface area (Å²) >= 11 is 0. The highest BCUT2D eigenvalue weighted by atomic mass is 19.4. The molecular weight excluding hydrogens is 391 g/mol. The molecule has 0 bridgehead atoms. The van der Waals surface area contributed by atoms with E-state index in [1.54, 1.807) is 0 Å². The molecule has 0 saturated carbocycles. The van der Waals surface area contributed by atoms with Crippen LogP contribution in [0, 0.1) is 10.1 Å². The van der Waals surface area contributed by atoms with Crippen molar-refractivity contribution >= 4 is 23.0 Å². The molecule has 11 heteroatoms. The number of halogens is 3. The van der Waals surface area contributed by atoms with Crippen LogP contribution in [0.1, 0.15) is 5.56 Å². The van der Waals surface area contributed by atoms with E-state index >= 15 is 0 Å². The Balaban J connectivity index is 1.71. The minimum atomic E-state index is -4.47. The molecule has 1 saturated heterocycles. The topological polar surface area (TPSA) is 92.6 Å². The molecule has 2 N–H and O–H groups in total. The molecule has 2 aromatic rings. The van der Waals surface area contributed by atoms with Crippen LogP contribution in [0.2, 0.25) is 0 Å². The molecule has 0 aliphatic carbocycles. The van der Waals surface area contributed by atoms with Crippen LogP contribution in [0.4, 0.5) is 36.2 Å². The molecule has 29 heavy (non-hydrogen) atoms. The van der Waals surface area contributed by atoms with Crippen LogP contribution in [-0.2, 0) is 10.9 Å². The smallest absolute Gasteiger partial charge is 0.379 e. The number of hydrogen-bond donors (Lipinski definition) is 2. The van der Waals surface area contributed by atoms with Crippen molar-refractivity contribution in [2.75, 3.05) is 50.0 Å². The molecule has 0 atom stereocenters. The number of hydrogen-bond acceptors (Lipinski definition) is 7. The van der Waals surface area contributed by atoms with Crippen LogP contribution in [0.5, 0.6) is 0 Å². The van der Waals surface area contributed by atoms with E-state index in [9.17, 15) is 23.3 Å². The summed E-state index contributed by atoms with van der Waals surface area (Å²) in [6.07, 6.45) is -4.47. The molecule has 156 valence electrons. The van der Waals surface area contributed by atoms with Crippen molar-refractivity contribution in [2.45, 2.75) is 6.18 Å². The van der Waals surface area contributed by atoms with Crippen molar-refractivity contribution in [2.24, 2.45) is 0 Å². The predicted molar refractivity (Wildman–Crippen MR) is 101 cm³/mol. The summed E-state index contributed by atoms with van der Waals surface area (Å²) in [4.78, 5) is 17.0. The number of nitro groups is 1. The van der Waals surface area contributed by atoms with E-state index in [-0.39, 0.29) is 23.0 Å². The summed E-state index contributed by atoms with van der Waals surface area (Å²) in [6.45, 7) is 3.96. The van der Waals surface area contributed by atoms with Crippen LogP contribution in [0.3, 0.4) is 0 Å². The second kappa shape index (κ2) is 9.05. The van der Waals surface area contributed by atoms with Crippen LogP contribution in [-0.4, -0.2) is 54.2 Å². The summed E-state index contributed by atoms with van der Waals surface area (Å²) in [6, 6.07) is 7.27. The van der Waals surface area contributed by atoms with Crippen molar-refractivity contribution in [3.63, 3.8) is 0 Å². The minimum absolute atomic E-state index is 0.0558. The lowest BCUT2D eigenvalue weighted by atomic mass is 10.2. The first kappa shape index (κ1) is 20.8. The van der Waals surface area contributed by atoms with Gasteiger partial charge in [-0.15, -0.1) is 0 Å². The Morgan fingerprint density at radius 1 is 1.21 bits per heavy atom. The number of alkyl halides is 3. The third-order valence-electron chi connectivity index (χ3n) is 4.36. The molecule has 0 radical (unpaired) electrons. The Labute approximate surface area is 164 Å². The molecule has 1 aromatic heterocycles. The largest absolute Gasteiger partial charge is 0.416 e. The van der Waals surface area contributed by atoms with Gasteiger partial charge in [0.05, 0.1) is 23.7 Å². The summed E-state index contributed by atoms with van der Waals surface area (Å²) in [5, 5.41) is 17.0. The Bertz CT molecular complexity index is 857. The molecule has 8 nitrogen and oxygen atoms in total. The fourth-order valence-corrected chi connectivity index (χ4v) is 2.88. The molecule has 3 rings (SSSR count). The zero-order valence-corrected chi connectivity index (χ0v) is 15.4. The first-order chi connectivity index (χ1) is 13.8. The molecular formula is C18H20F3N5O3. The van der Waals surface area contributed by atoms with Gasteiger partial charge in [0.1, 0.15) is 5.82 Å². The van der Waals surface area contributed by atoms with Crippen molar-refractivity contribution in [1.82, 2.24) is 9.88 Å². The molecule has 1 aliphatic heterocycles. The summed E-state index contributed by atoms with van der Waals surface area (Å²) < 4.78 is 43.9. The fourth-order valence-electron chi connectivity index (χ4n) is 2.88. The fraction of sp³-hybridized carbons (Fsp3) is 0.389. The predicted octanol–water partition coefficient (Wildman–Crippen LogP) is 3.50. The number of rotatable bonds is 7. The standard InChI is InChI=1S/C18H20F3N5O3/c19-18(20,21)13-2-1-3-14(12-13)23-16-5-4-15(26(27)28)17(24-16)22-6-7-25-8-10-29-11-9-25/h1-5,12H,6-11H2,(H2,22,23,24). The number of nitrogens with one attached hydrogen (secondary N) is 2. The Morgan fingerprint density at radius 2 is 1.97 bits per heavy atom. The van der Waals surface area contributed by atoms with Gasteiger partial charge in [-0.2, -0.15) is 13.2 Å². The molecule has 1 fully saturated rings. The molecule has 1 aliphatic rings. The lowest BCUT2D eigenvalue weighted by Gasteiger charge is -2.26. The lowest BCUT2D eigenvalue weighted by Crippen LogP contribution is -2.39. The second-order valence-electron chi connectivity index (χ2n) is 6.41. The third kappa shape index (κ3) is 5.78. The lowest BCUT2D eigenvalue weighted by molar-refractivity contribution is -0.384. The second-order valence-corrected chi connectivity index (χ2v) is 6.41. The summed E-state index contributed by atoms with van der Waals surface area (Å²) in [7, 11) is 0. The van der Waals surface area contributed by atoms with E-state index in [2.05, 4.69) is 20.5 Å². The van der Waals surface area contributed by atoms with E-state index < -0.39 is 16.7 Å². The third-order valence-corrected chi connectivity index (χ3v) is 4.36. The highest BCUT2D eigenvalue weighted by Crippen LogP contribution is 2.32. The maximum Gasteiger partial charge on any atom is 0.416 e. The number of morpholine rings is 1. The van der Waals surface area contributed by atoms with Gasteiger partial charge in [0.2, 0.25) is 5.82 Å². The highest BCUT2D eigenvalue weighted by Gasteiger charge is 2.30. The number of benzene rings is 1. The molecule has 2 heterocycles. The van der Waals surface area contributed by atoms with Gasteiger partial charge in [0, 0.05) is 37.9 Å². The van der Waals surface area contributed by atoms with Crippen molar-refractivity contribution in [3.05, 3.63) is 52.1 Å². The quantitative estimate of drug-likeness (QED) is 0.532. The monoisotopic (exact) mass is 411 g/mol. The van der Waals surface area contributed by atoms with Gasteiger partial charge < -0.3 is 15.4 Å². The van der Waals surface area contributed by atoms with Crippen LogP contribution in [0.15, 0.2) is 36.4 Å². The van der Waals surface area contributed by atoms with E-state index in [0.29, 0.717) is 26.3 Å². The average Bonchev–Trinajstić information content (AvgIpc) is 2.68. The first-order valence-corrected chi connectivity index (χ1v) is 8.96. The maximum atomic E-state index is 12.9. The number of anilines is 3. The van der Waals surface area contributed by atoms with Crippen molar-refractivity contribution in [3.8, 4) is 0 Å². The number of aromatic nitrogens is 1. The van der Waals surface area contributed by atoms with E-state index in [1.165, 1.54) is 24.3 Å². The first-order valence-electron chi connectivity index (χ1n) is 8.96. The molecule has 1 aromatic carbocycles. The Morgan fingerprint density at radius 3 is 2.66 bits per heavy atom. The van der Waals surface area contributed by atoms with Crippen LogP contribution >= 0.6 is 0 Å². The van der Waals surface area contributed by atoms with Gasteiger partial charge in [-0.25, -0.2) is 4.98 Å². The van der Waals surface area contributed by atoms with Gasteiger partial charge >= 0.3 is 11.9 Å². The normalized spacial score (nSPS) is 15.1. The van der Waals surface area contributed by atoms with Crippen LogP contribution in [0.25, 0.3) is 0 Å². The number of pyridine rings is 1. The maximum absolute atomic E-state index is 12.9. The van der Waals surface area contributed by atoms with Crippen molar-refractivity contribution < 1.29 is 22.8 Å². The number of ether oxygens (including phenoxy) is 1. The van der Waals surface area contributed by atoms with Crippen molar-refractivity contribution in [1.29, 1.82) is 0 Å².